The van der Waals surface area contributed by atoms with Crippen LogP contribution >= 0.6 is 0 Å². The molecule has 0 fully saturated rings. The molecule has 0 aliphatic rings. The number of hydrogen-bond donors (Lipinski definition) is 0. The number of nitrogens with zero attached hydrogens (tertiary/aromatic N) is 1. The van der Waals surface area contributed by atoms with E-state index in [1.807, 2.05) is 100 Å². The standard InChI is InChI=1S/C26H27NO3/c1-5-28-24-10-7-11-25(17-24)30-26(27-22-14-12-19(2)13-15-22)21(4)18-29-23-9-6-8-20(3)16-23/h6-18H,5H2,1-4H3/b21-18+,27-26?. The van der Waals surface area contributed by atoms with E-state index in [0.717, 1.165) is 28.3 Å². The summed E-state index contributed by atoms with van der Waals surface area (Å²) in [6.07, 6.45) is 1.66. The van der Waals surface area contributed by atoms with Crippen molar-refractivity contribution in [1.29, 1.82) is 0 Å². The molecule has 0 bridgehead atoms. The van der Waals surface area contributed by atoms with Crippen molar-refractivity contribution in [1.82, 2.24) is 0 Å². The molecule has 0 aromatic heterocycles. The topological polar surface area (TPSA) is 40.0 Å². The molecule has 0 saturated heterocycles. The molecule has 0 saturated carbocycles. The Labute approximate surface area is 178 Å². The molecular formula is C26H27NO3. The molecule has 0 unspecified atom stereocenters. The number of rotatable bonds is 7. The van der Waals surface area contributed by atoms with Crippen LogP contribution < -0.4 is 14.2 Å². The zero-order valence-electron chi connectivity index (χ0n) is 17.9. The molecule has 0 atom stereocenters. The minimum absolute atomic E-state index is 0.458. The summed E-state index contributed by atoms with van der Waals surface area (Å²) in [7, 11) is 0. The lowest BCUT2D eigenvalue weighted by Gasteiger charge is -2.12. The fourth-order valence-electron chi connectivity index (χ4n) is 2.73. The Bertz CT molecular complexity index is 1040. The molecule has 0 amide bonds. The van der Waals surface area contributed by atoms with Gasteiger partial charge < -0.3 is 14.2 Å². The van der Waals surface area contributed by atoms with Crippen LogP contribution in [0, 0.1) is 13.8 Å². The van der Waals surface area contributed by atoms with Gasteiger partial charge in [0.1, 0.15) is 17.2 Å². The van der Waals surface area contributed by atoms with E-state index >= 15 is 0 Å². The average molecular weight is 402 g/mol. The first-order chi connectivity index (χ1) is 14.5. The van der Waals surface area contributed by atoms with E-state index in [9.17, 15) is 0 Å². The molecule has 4 heteroatoms. The Morgan fingerprint density at radius 1 is 0.833 bits per heavy atom. The van der Waals surface area contributed by atoms with E-state index in [-0.39, 0.29) is 0 Å². The van der Waals surface area contributed by atoms with Crippen molar-refractivity contribution in [2.75, 3.05) is 6.61 Å². The maximum Gasteiger partial charge on any atom is 0.225 e. The van der Waals surface area contributed by atoms with E-state index in [4.69, 9.17) is 19.2 Å². The minimum atomic E-state index is 0.458. The zero-order chi connectivity index (χ0) is 21.3. The second-order valence-corrected chi connectivity index (χ2v) is 7.00. The molecule has 0 N–H and O–H groups in total. The van der Waals surface area contributed by atoms with Gasteiger partial charge in [-0.15, -0.1) is 0 Å². The Balaban J connectivity index is 1.89. The summed E-state index contributed by atoms with van der Waals surface area (Å²) in [6, 6.07) is 23.4. The van der Waals surface area contributed by atoms with Crippen molar-refractivity contribution in [2.24, 2.45) is 4.99 Å². The lowest BCUT2D eigenvalue weighted by atomic mass is 10.2. The van der Waals surface area contributed by atoms with Crippen LogP contribution in [0.5, 0.6) is 17.2 Å². The molecule has 3 aromatic rings. The van der Waals surface area contributed by atoms with Gasteiger partial charge >= 0.3 is 0 Å². The number of benzene rings is 3. The number of hydrogen-bond acceptors (Lipinski definition) is 4. The third-order valence-corrected chi connectivity index (χ3v) is 4.29. The number of ether oxygens (including phenoxy) is 3. The first kappa shape index (κ1) is 21.2. The van der Waals surface area contributed by atoms with Crippen LogP contribution in [0.1, 0.15) is 25.0 Å². The smallest absolute Gasteiger partial charge is 0.225 e. The molecule has 0 spiro atoms. The van der Waals surface area contributed by atoms with Crippen molar-refractivity contribution >= 4 is 11.6 Å². The lowest BCUT2D eigenvalue weighted by Crippen LogP contribution is -2.11. The molecule has 3 aromatic carbocycles. The van der Waals surface area contributed by atoms with Crippen molar-refractivity contribution < 1.29 is 14.2 Å². The van der Waals surface area contributed by atoms with Crippen molar-refractivity contribution in [3.8, 4) is 17.2 Å². The molecule has 0 aliphatic carbocycles. The second-order valence-electron chi connectivity index (χ2n) is 7.00. The Morgan fingerprint density at radius 2 is 1.53 bits per heavy atom. The van der Waals surface area contributed by atoms with E-state index in [1.54, 1.807) is 6.26 Å². The molecule has 4 nitrogen and oxygen atoms in total. The molecule has 0 heterocycles. The summed E-state index contributed by atoms with van der Waals surface area (Å²) in [4.78, 5) is 4.71. The van der Waals surface area contributed by atoms with Gasteiger partial charge in [0.15, 0.2) is 0 Å². The lowest BCUT2D eigenvalue weighted by molar-refractivity contribution is 0.339. The zero-order valence-corrected chi connectivity index (χ0v) is 17.9. The van der Waals surface area contributed by atoms with Gasteiger partial charge in [-0.2, -0.15) is 0 Å². The average Bonchev–Trinajstić information content (AvgIpc) is 2.74. The Morgan fingerprint density at radius 3 is 2.27 bits per heavy atom. The van der Waals surface area contributed by atoms with Crippen LogP contribution in [-0.2, 0) is 0 Å². The highest BCUT2D eigenvalue weighted by molar-refractivity contribution is 5.96. The Kier molecular flexibility index (Phi) is 7.28. The van der Waals surface area contributed by atoms with Gasteiger partial charge in [0.05, 0.1) is 18.6 Å². The summed E-state index contributed by atoms with van der Waals surface area (Å²) in [5.41, 5.74) is 3.88. The van der Waals surface area contributed by atoms with Crippen molar-refractivity contribution in [3.63, 3.8) is 0 Å². The highest BCUT2D eigenvalue weighted by Gasteiger charge is 2.09. The quantitative estimate of drug-likeness (QED) is 0.248. The minimum Gasteiger partial charge on any atom is -0.494 e. The van der Waals surface area contributed by atoms with E-state index in [2.05, 4.69) is 0 Å². The largest absolute Gasteiger partial charge is 0.494 e. The molecule has 154 valence electrons. The third-order valence-electron chi connectivity index (χ3n) is 4.29. The number of aryl methyl sites for hydroxylation is 2. The van der Waals surface area contributed by atoms with Gasteiger partial charge in [0.25, 0.3) is 0 Å². The van der Waals surface area contributed by atoms with E-state index in [0.29, 0.717) is 18.3 Å². The highest BCUT2D eigenvalue weighted by Crippen LogP contribution is 2.23. The van der Waals surface area contributed by atoms with E-state index in [1.165, 1.54) is 5.56 Å². The van der Waals surface area contributed by atoms with Crippen LogP contribution in [0.4, 0.5) is 5.69 Å². The van der Waals surface area contributed by atoms with Crippen LogP contribution in [0.15, 0.2) is 89.6 Å². The highest BCUT2D eigenvalue weighted by atomic mass is 16.5. The van der Waals surface area contributed by atoms with Crippen LogP contribution in [0.3, 0.4) is 0 Å². The van der Waals surface area contributed by atoms with Crippen molar-refractivity contribution in [3.05, 3.63) is 95.8 Å². The predicted molar refractivity (Wildman–Crippen MR) is 122 cm³/mol. The summed E-state index contributed by atoms with van der Waals surface area (Å²) in [5.74, 6) is 2.62. The van der Waals surface area contributed by atoms with Crippen LogP contribution in [0.25, 0.3) is 0 Å². The summed E-state index contributed by atoms with van der Waals surface area (Å²) < 4.78 is 17.5. The normalized spacial score (nSPS) is 11.9. The van der Waals surface area contributed by atoms with Gasteiger partial charge in [0.2, 0.25) is 5.90 Å². The fraction of sp³-hybridized carbons (Fsp3) is 0.192. The molecular weight excluding hydrogens is 374 g/mol. The van der Waals surface area contributed by atoms with Gasteiger partial charge in [-0.3, -0.25) is 0 Å². The van der Waals surface area contributed by atoms with Gasteiger partial charge in [0, 0.05) is 11.6 Å². The maximum absolute atomic E-state index is 6.13. The molecule has 0 aliphatic heterocycles. The third kappa shape index (κ3) is 6.24. The first-order valence-electron chi connectivity index (χ1n) is 10.00. The van der Waals surface area contributed by atoms with Gasteiger partial charge in [-0.25, -0.2) is 4.99 Å². The fourth-order valence-corrected chi connectivity index (χ4v) is 2.73. The summed E-state index contributed by atoms with van der Waals surface area (Å²) in [5, 5.41) is 0. The second kappa shape index (κ2) is 10.3. The molecule has 3 rings (SSSR count). The van der Waals surface area contributed by atoms with Crippen LogP contribution in [-0.4, -0.2) is 12.5 Å². The molecule has 0 radical (unpaired) electrons. The van der Waals surface area contributed by atoms with Gasteiger partial charge in [-0.05, 0) is 69.7 Å². The molecule has 30 heavy (non-hydrogen) atoms. The number of aliphatic imine (C=N–C) groups is 1. The first-order valence-corrected chi connectivity index (χ1v) is 10.00. The van der Waals surface area contributed by atoms with E-state index < -0.39 is 0 Å². The maximum atomic E-state index is 6.13. The predicted octanol–water partition coefficient (Wildman–Crippen LogP) is 6.79. The van der Waals surface area contributed by atoms with Gasteiger partial charge in [-0.1, -0.05) is 35.9 Å². The summed E-state index contributed by atoms with van der Waals surface area (Å²) in [6.45, 7) is 8.53. The van der Waals surface area contributed by atoms with Crippen molar-refractivity contribution in [2.45, 2.75) is 27.7 Å². The van der Waals surface area contributed by atoms with Crippen LogP contribution in [0.2, 0.25) is 0 Å². The Hall–Kier alpha value is -3.53. The summed E-state index contributed by atoms with van der Waals surface area (Å²) >= 11 is 0. The monoisotopic (exact) mass is 401 g/mol. The SMILES string of the molecule is CCOc1cccc(OC(=Nc2ccc(C)cc2)/C(C)=C/Oc2cccc(C)c2)c1.